The number of hydrogen-bond donors (Lipinski definition) is 2. The normalized spacial score (nSPS) is 50.1. The average Bonchev–Trinajstić information content (AvgIpc) is 3.31. The Bertz CT molecular complexity index is 827. The van der Waals surface area contributed by atoms with Gasteiger partial charge in [-0.25, -0.2) is 0 Å². The molecule has 0 radical (unpaired) electrons. The maximum Gasteiger partial charge on any atom is 0.311 e. The van der Waals surface area contributed by atoms with Crippen molar-refractivity contribution in [3.05, 3.63) is 29.8 Å². The zero-order valence-corrected chi connectivity index (χ0v) is 15.4. The third-order valence-corrected chi connectivity index (χ3v) is 9.01. The van der Waals surface area contributed by atoms with Crippen LogP contribution in [0.3, 0.4) is 0 Å². The van der Waals surface area contributed by atoms with Crippen LogP contribution in [0, 0.1) is 17.3 Å². The number of piperidine rings is 1. The summed E-state index contributed by atoms with van der Waals surface area (Å²) in [6.07, 6.45) is 2.24. The number of esters is 1. The molecule has 2 bridgehead atoms. The molecule has 0 amide bonds. The Morgan fingerprint density at radius 1 is 1.35 bits per heavy atom. The van der Waals surface area contributed by atoms with Crippen LogP contribution in [0.25, 0.3) is 0 Å². The molecule has 138 valence electrons. The minimum atomic E-state index is -0.353. The monoisotopic (exact) mass is 354 g/mol. The molecule has 1 aromatic carbocycles. The maximum atomic E-state index is 12.9. The van der Waals surface area contributed by atoms with E-state index in [0.717, 1.165) is 32.4 Å². The molecule has 3 spiro atoms. The van der Waals surface area contributed by atoms with E-state index in [-0.39, 0.29) is 40.3 Å². The van der Waals surface area contributed by atoms with E-state index in [1.165, 1.54) is 18.4 Å². The van der Waals surface area contributed by atoms with Crippen molar-refractivity contribution in [1.82, 2.24) is 4.90 Å². The zero-order chi connectivity index (χ0) is 17.9. The van der Waals surface area contributed by atoms with E-state index < -0.39 is 0 Å². The van der Waals surface area contributed by atoms with Crippen LogP contribution in [0.1, 0.15) is 31.7 Å². The average molecular weight is 354 g/mol. The van der Waals surface area contributed by atoms with E-state index in [9.17, 15) is 9.90 Å². The number of ether oxygens (including phenoxy) is 1. The summed E-state index contributed by atoms with van der Waals surface area (Å²) in [6.45, 7) is 4.29. The zero-order valence-electron chi connectivity index (χ0n) is 15.4. The van der Waals surface area contributed by atoms with Crippen LogP contribution < -0.4 is 5.32 Å². The Balaban J connectivity index is 1.68. The second-order valence-electron chi connectivity index (χ2n) is 9.12. The highest BCUT2D eigenvalue weighted by Gasteiger charge is 2.87. The van der Waals surface area contributed by atoms with Gasteiger partial charge in [-0.15, -0.1) is 0 Å². The highest BCUT2D eigenvalue weighted by molar-refractivity contribution is 5.82. The molecule has 6 rings (SSSR count). The van der Waals surface area contributed by atoms with Crippen molar-refractivity contribution >= 4 is 11.7 Å². The first-order valence-electron chi connectivity index (χ1n) is 9.91. The van der Waals surface area contributed by atoms with Crippen molar-refractivity contribution in [1.29, 1.82) is 0 Å². The fraction of sp³-hybridized carbons (Fsp3) is 0.667. The first-order chi connectivity index (χ1) is 12.5. The molecule has 2 aliphatic carbocycles. The number of anilines is 1. The molecule has 2 N–H and O–H groups in total. The lowest BCUT2D eigenvalue weighted by atomic mass is 9.56. The SMILES string of the molecule is COC(=O)[C@@H]1C[C@]23[C@@H](C)[C@@]14Nc1ccccc1[C@@]41CCN(CC[C@@H]2O)[C@@H]31. The third kappa shape index (κ3) is 1.23. The van der Waals surface area contributed by atoms with Crippen molar-refractivity contribution in [2.45, 2.75) is 49.3 Å². The van der Waals surface area contributed by atoms with Crippen molar-refractivity contribution in [3.8, 4) is 0 Å². The molecule has 26 heavy (non-hydrogen) atoms. The van der Waals surface area contributed by atoms with Crippen LogP contribution in [-0.2, 0) is 14.9 Å². The first-order valence-corrected chi connectivity index (χ1v) is 9.91. The van der Waals surface area contributed by atoms with Gasteiger partial charge in [-0.3, -0.25) is 9.69 Å². The predicted octanol–water partition coefficient (Wildman–Crippen LogP) is 1.76. The second kappa shape index (κ2) is 4.45. The Hall–Kier alpha value is -1.59. The van der Waals surface area contributed by atoms with Gasteiger partial charge >= 0.3 is 5.97 Å². The van der Waals surface area contributed by atoms with Gasteiger partial charge in [0.15, 0.2) is 0 Å². The highest BCUT2D eigenvalue weighted by Crippen LogP contribution is 2.79. The summed E-state index contributed by atoms with van der Waals surface area (Å²) in [5.74, 6) is -0.114. The van der Waals surface area contributed by atoms with Crippen LogP contribution in [0.15, 0.2) is 24.3 Å². The fourth-order valence-corrected chi connectivity index (χ4v) is 8.42. The van der Waals surface area contributed by atoms with Gasteiger partial charge in [-0.2, -0.15) is 0 Å². The standard InChI is InChI=1S/C21H26N2O3/c1-12-19-11-14(17(25)26-2)21(12)20(13-5-3-4-6-15(13)22-21)8-10-23(18(19)20)9-7-16(19)24/h3-6,12,14,16,18,22,24H,7-11H2,1-2H3/t12-,14+,16+,18+,19+,20-,21-/m1/s1. The summed E-state index contributed by atoms with van der Waals surface area (Å²) in [7, 11) is 1.50. The van der Waals surface area contributed by atoms with E-state index in [1.54, 1.807) is 0 Å². The number of fused-ring (bicyclic) bond motifs is 1. The predicted molar refractivity (Wildman–Crippen MR) is 96.8 cm³/mol. The lowest BCUT2D eigenvalue weighted by Gasteiger charge is -2.54. The quantitative estimate of drug-likeness (QED) is 0.753. The van der Waals surface area contributed by atoms with Gasteiger partial charge in [-0.05, 0) is 43.4 Å². The van der Waals surface area contributed by atoms with Crippen LogP contribution >= 0.6 is 0 Å². The lowest BCUT2D eigenvalue weighted by Crippen LogP contribution is -2.65. The molecule has 5 nitrogen and oxygen atoms in total. The molecule has 1 aromatic rings. The van der Waals surface area contributed by atoms with Gasteiger partial charge in [0.25, 0.3) is 0 Å². The number of aliphatic hydroxyl groups excluding tert-OH is 1. The van der Waals surface area contributed by atoms with Gasteiger partial charge in [0.1, 0.15) is 0 Å². The van der Waals surface area contributed by atoms with Crippen LogP contribution in [0.4, 0.5) is 5.69 Å². The number of rotatable bonds is 1. The number of carbonyl (C=O) groups is 1. The number of aliphatic hydroxyl groups is 1. The molecule has 7 atom stereocenters. The summed E-state index contributed by atoms with van der Waals surface area (Å²) >= 11 is 0. The van der Waals surface area contributed by atoms with E-state index >= 15 is 0 Å². The minimum Gasteiger partial charge on any atom is -0.469 e. The Morgan fingerprint density at radius 2 is 2.15 bits per heavy atom. The molecule has 0 unspecified atom stereocenters. The second-order valence-corrected chi connectivity index (χ2v) is 9.12. The molecule has 2 saturated carbocycles. The summed E-state index contributed by atoms with van der Waals surface area (Å²) in [4.78, 5) is 15.5. The largest absolute Gasteiger partial charge is 0.469 e. The fourth-order valence-electron chi connectivity index (χ4n) is 8.42. The summed E-state index contributed by atoms with van der Waals surface area (Å²) in [6, 6.07) is 8.90. The number of carbonyl (C=O) groups excluding carboxylic acids is 1. The van der Waals surface area contributed by atoms with E-state index in [0.29, 0.717) is 6.04 Å². The lowest BCUT2D eigenvalue weighted by molar-refractivity contribution is -0.152. The van der Waals surface area contributed by atoms with Gasteiger partial charge in [0.2, 0.25) is 0 Å². The van der Waals surface area contributed by atoms with E-state index in [2.05, 4.69) is 41.4 Å². The van der Waals surface area contributed by atoms with Gasteiger partial charge in [-0.1, -0.05) is 25.1 Å². The number of nitrogens with zero attached hydrogens (tertiary/aromatic N) is 1. The number of methoxy groups -OCH3 is 1. The van der Waals surface area contributed by atoms with Crippen molar-refractivity contribution in [3.63, 3.8) is 0 Å². The van der Waals surface area contributed by atoms with E-state index in [1.807, 2.05) is 0 Å². The smallest absolute Gasteiger partial charge is 0.311 e. The Morgan fingerprint density at radius 3 is 2.96 bits per heavy atom. The summed E-state index contributed by atoms with van der Waals surface area (Å²) < 4.78 is 5.28. The van der Waals surface area contributed by atoms with Crippen molar-refractivity contribution < 1.29 is 14.6 Å². The molecule has 3 heterocycles. The Kier molecular flexibility index (Phi) is 2.65. The van der Waals surface area contributed by atoms with Gasteiger partial charge in [0, 0.05) is 29.1 Å². The number of para-hydroxylation sites is 1. The van der Waals surface area contributed by atoms with Gasteiger partial charge in [0.05, 0.1) is 24.7 Å². The summed E-state index contributed by atoms with van der Waals surface area (Å²) in [5, 5.41) is 15.1. The Labute approximate surface area is 153 Å². The number of benzene rings is 1. The van der Waals surface area contributed by atoms with Crippen LogP contribution in [0.5, 0.6) is 0 Å². The maximum absolute atomic E-state index is 12.9. The first kappa shape index (κ1) is 15.5. The topological polar surface area (TPSA) is 61.8 Å². The third-order valence-electron chi connectivity index (χ3n) is 9.01. The highest BCUT2D eigenvalue weighted by atomic mass is 16.5. The van der Waals surface area contributed by atoms with Crippen molar-refractivity contribution in [2.24, 2.45) is 17.3 Å². The van der Waals surface area contributed by atoms with Crippen LogP contribution in [-0.4, -0.2) is 53.9 Å². The molecule has 2 saturated heterocycles. The number of nitrogens with one attached hydrogen (secondary N) is 1. The number of hydrogen-bond acceptors (Lipinski definition) is 5. The molecule has 4 fully saturated rings. The molecule has 3 aliphatic heterocycles. The van der Waals surface area contributed by atoms with E-state index in [4.69, 9.17) is 4.74 Å². The van der Waals surface area contributed by atoms with Crippen LogP contribution in [0.2, 0.25) is 0 Å². The molecular weight excluding hydrogens is 328 g/mol. The molecule has 5 aliphatic rings. The molecule has 5 heteroatoms. The molecule has 0 aromatic heterocycles. The molecular formula is C21H26N2O3. The minimum absolute atomic E-state index is 0.110. The van der Waals surface area contributed by atoms with Gasteiger partial charge < -0.3 is 15.2 Å². The summed E-state index contributed by atoms with van der Waals surface area (Å²) in [5.41, 5.74) is 1.83. The van der Waals surface area contributed by atoms with Crippen molar-refractivity contribution in [2.75, 3.05) is 25.5 Å².